The monoisotopic (exact) mass is 442 g/mol. The Balaban J connectivity index is 1.61. The molecule has 164 valence electrons. The molecule has 0 bridgehead atoms. The van der Waals surface area contributed by atoms with Crippen LogP contribution >= 0.6 is 11.3 Å². The van der Waals surface area contributed by atoms with Gasteiger partial charge < -0.3 is 4.90 Å². The van der Waals surface area contributed by atoms with Gasteiger partial charge in [0.05, 0.1) is 17.4 Å². The number of aldehydes is 1. The van der Waals surface area contributed by atoms with Crippen molar-refractivity contribution >= 4 is 23.3 Å². The highest BCUT2D eigenvalue weighted by molar-refractivity contribution is 7.17. The smallest absolute Gasteiger partial charge is 0.160 e. The van der Waals surface area contributed by atoms with E-state index in [9.17, 15) is 4.79 Å². The standard InChI is InChI=1S/C28H30N2OS/c1-3-5-13-30(14-6-4-2)24-8-10-26-23(17-24)16-22-15-20(7-9-25(22)26)27-18-21(11-12-29)28(19-31)32-27/h7-10,15,17-19H,3-6,11,13-14,16H2,1-2H3. The van der Waals surface area contributed by atoms with Gasteiger partial charge in [-0.3, -0.25) is 4.79 Å². The number of nitriles is 1. The van der Waals surface area contributed by atoms with Crippen molar-refractivity contribution in [3.8, 4) is 27.6 Å². The topological polar surface area (TPSA) is 44.1 Å². The quantitative estimate of drug-likeness (QED) is 0.243. The Morgan fingerprint density at radius 1 is 1.00 bits per heavy atom. The van der Waals surface area contributed by atoms with Gasteiger partial charge in [0.1, 0.15) is 0 Å². The number of benzene rings is 2. The molecule has 1 aromatic heterocycles. The molecule has 4 heteroatoms. The van der Waals surface area contributed by atoms with Crippen molar-refractivity contribution in [2.75, 3.05) is 18.0 Å². The van der Waals surface area contributed by atoms with E-state index in [4.69, 9.17) is 5.26 Å². The Morgan fingerprint density at radius 2 is 1.69 bits per heavy atom. The van der Waals surface area contributed by atoms with Crippen molar-refractivity contribution in [3.63, 3.8) is 0 Å². The minimum absolute atomic E-state index is 0.274. The third kappa shape index (κ3) is 4.49. The number of nitrogens with zero attached hydrogens (tertiary/aromatic N) is 2. The lowest BCUT2D eigenvalue weighted by Gasteiger charge is -2.25. The maximum absolute atomic E-state index is 11.4. The van der Waals surface area contributed by atoms with Crippen LogP contribution in [0.15, 0.2) is 42.5 Å². The van der Waals surface area contributed by atoms with Gasteiger partial charge >= 0.3 is 0 Å². The van der Waals surface area contributed by atoms with E-state index in [0.717, 1.165) is 41.8 Å². The molecule has 0 saturated heterocycles. The van der Waals surface area contributed by atoms with Crippen LogP contribution in [0.3, 0.4) is 0 Å². The summed E-state index contributed by atoms with van der Waals surface area (Å²) < 4.78 is 0. The minimum Gasteiger partial charge on any atom is -0.372 e. The molecule has 2 aromatic carbocycles. The highest BCUT2D eigenvalue weighted by Crippen LogP contribution is 2.41. The zero-order valence-electron chi connectivity index (χ0n) is 19.0. The number of unbranched alkanes of at least 4 members (excludes halogenated alkanes) is 2. The number of carbonyl (C=O) groups excluding carboxylic acids is 1. The first-order valence-electron chi connectivity index (χ1n) is 11.6. The Morgan fingerprint density at radius 3 is 2.34 bits per heavy atom. The van der Waals surface area contributed by atoms with Crippen LogP contribution in [0.2, 0.25) is 0 Å². The lowest BCUT2D eigenvalue weighted by molar-refractivity contribution is 0.112. The maximum atomic E-state index is 11.4. The molecular formula is C28H30N2OS. The number of anilines is 1. The van der Waals surface area contributed by atoms with E-state index in [1.807, 2.05) is 6.07 Å². The van der Waals surface area contributed by atoms with Crippen LogP contribution < -0.4 is 4.90 Å². The lowest BCUT2D eigenvalue weighted by atomic mass is 10.0. The molecule has 0 N–H and O–H groups in total. The van der Waals surface area contributed by atoms with Crippen molar-refractivity contribution in [1.82, 2.24) is 0 Å². The van der Waals surface area contributed by atoms with Gasteiger partial charge in [-0.05, 0) is 76.9 Å². The molecule has 0 unspecified atom stereocenters. The average molecular weight is 443 g/mol. The van der Waals surface area contributed by atoms with Crippen molar-refractivity contribution in [2.45, 2.75) is 52.4 Å². The molecule has 0 spiro atoms. The fourth-order valence-electron chi connectivity index (χ4n) is 4.52. The van der Waals surface area contributed by atoms with E-state index in [1.54, 1.807) is 0 Å². The van der Waals surface area contributed by atoms with Gasteiger partial charge in [-0.2, -0.15) is 5.26 Å². The number of fused-ring (bicyclic) bond motifs is 3. The molecule has 4 rings (SSSR count). The van der Waals surface area contributed by atoms with Gasteiger partial charge in [0.2, 0.25) is 0 Å². The molecule has 0 fully saturated rings. The molecule has 0 radical (unpaired) electrons. The number of carbonyl (C=O) groups is 1. The van der Waals surface area contributed by atoms with E-state index < -0.39 is 0 Å². The minimum atomic E-state index is 0.274. The molecule has 1 aliphatic carbocycles. The second-order valence-corrected chi connectivity index (χ2v) is 9.62. The zero-order valence-corrected chi connectivity index (χ0v) is 19.8. The Bertz CT molecular complexity index is 1150. The maximum Gasteiger partial charge on any atom is 0.160 e. The SMILES string of the molecule is CCCCN(CCCC)c1ccc2c(c1)Cc1cc(-c3cc(CC#N)c(C=O)s3)ccc1-2. The first-order chi connectivity index (χ1) is 15.7. The summed E-state index contributed by atoms with van der Waals surface area (Å²) >= 11 is 1.48. The summed E-state index contributed by atoms with van der Waals surface area (Å²) in [4.78, 5) is 15.7. The van der Waals surface area contributed by atoms with Gasteiger partial charge in [-0.1, -0.05) is 44.9 Å². The second kappa shape index (κ2) is 10.1. The number of hydrogen-bond acceptors (Lipinski definition) is 4. The van der Waals surface area contributed by atoms with E-state index >= 15 is 0 Å². The summed E-state index contributed by atoms with van der Waals surface area (Å²) in [6.45, 7) is 6.75. The summed E-state index contributed by atoms with van der Waals surface area (Å²) in [6.07, 6.45) is 6.96. The van der Waals surface area contributed by atoms with Crippen molar-refractivity contribution in [1.29, 1.82) is 5.26 Å². The molecule has 3 nitrogen and oxygen atoms in total. The number of hydrogen-bond donors (Lipinski definition) is 0. The number of thiophene rings is 1. The summed E-state index contributed by atoms with van der Waals surface area (Å²) in [5, 5.41) is 9.04. The highest BCUT2D eigenvalue weighted by atomic mass is 32.1. The Kier molecular flexibility index (Phi) is 7.07. The van der Waals surface area contributed by atoms with Crippen LogP contribution in [0.5, 0.6) is 0 Å². The van der Waals surface area contributed by atoms with Gasteiger partial charge in [-0.15, -0.1) is 11.3 Å². The second-order valence-electron chi connectivity index (χ2n) is 8.54. The van der Waals surface area contributed by atoms with E-state index in [1.165, 1.54) is 65.0 Å². The van der Waals surface area contributed by atoms with Crippen LogP contribution in [0, 0.1) is 11.3 Å². The van der Waals surface area contributed by atoms with Gasteiger partial charge in [0, 0.05) is 23.7 Å². The van der Waals surface area contributed by atoms with Gasteiger partial charge in [-0.25, -0.2) is 0 Å². The molecule has 0 atom stereocenters. The molecule has 1 heterocycles. The van der Waals surface area contributed by atoms with E-state index in [2.05, 4.69) is 61.2 Å². The molecule has 0 saturated carbocycles. The van der Waals surface area contributed by atoms with Crippen molar-refractivity contribution in [2.24, 2.45) is 0 Å². The summed E-state index contributed by atoms with van der Waals surface area (Å²) in [5.74, 6) is 0. The van der Waals surface area contributed by atoms with Gasteiger partial charge in [0.15, 0.2) is 6.29 Å². The molecule has 3 aromatic rings. The van der Waals surface area contributed by atoms with Crippen molar-refractivity contribution < 1.29 is 4.79 Å². The van der Waals surface area contributed by atoms with Crippen LogP contribution in [-0.4, -0.2) is 19.4 Å². The Labute approximate surface area is 195 Å². The fraction of sp³-hybridized carbons (Fsp3) is 0.357. The van der Waals surface area contributed by atoms with Crippen molar-refractivity contribution in [3.05, 3.63) is 64.0 Å². The van der Waals surface area contributed by atoms with Crippen LogP contribution in [0.25, 0.3) is 21.6 Å². The zero-order chi connectivity index (χ0) is 22.5. The van der Waals surface area contributed by atoms with E-state index in [0.29, 0.717) is 4.88 Å². The first kappa shape index (κ1) is 22.3. The normalized spacial score (nSPS) is 11.7. The molecular weight excluding hydrogens is 412 g/mol. The average Bonchev–Trinajstić information content (AvgIpc) is 3.39. The highest BCUT2D eigenvalue weighted by Gasteiger charge is 2.21. The Hall–Kier alpha value is -2.90. The molecule has 32 heavy (non-hydrogen) atoms. The number of rotatable bonds is 10. The summed E-state index contributed by atoms with van der Waals surface area (Å²) in [5.41, 5.74) is 8.69. The third-order valence-electron chi connectivity index (χ3n) is 6.30. The first-order valence-corrected chi connectivity index (χ1v) is 12.5. The molecule has 0 aliphatic heterocycles. The summed E-state index contributed by atoms with van der Waals surface area (Å²) in [7, 11) is 0. The van der Waals surface area contributed by atoms with Gasteiger partial charge in [0.25, 0.3) is 0 Å². The molecule has 1 aliphatic rings. The molecule has 0 amide bonds. The fourth-order valence-corrected chi connectivity index (χ4v) is 5.52. The predicted octanol–water partition coefficient (Wildman–Crippen LogP) is 7.27. The van der Waals surface area contributed by atoms with Crippen LogP contribution in [0.4, 0.5) is 5.69 Å². The largest absolute Gasteiger partial charge is 0.372 e. The summed E-state index contributed by atoms with van der Waals surface area (Å²) in [6, 6.07) is 17.8. The predicted molar refractivity (Wildman–Crippen MR) is 135 cm³/mol. The third-order valence-corrected chi connectivity index (χ3v) is 7.45. The lowest BCUT2D eigenvalue weighted by Crippen LogP contribution is -2.25. The van der Waals surface area contributed by atoms with Crippen LogP contribution in [0.1, 0.15) is 65.9 Å². The van der Waals surface area contributed by atoms with E-state index in [-0.39, 0.29) is 6.42 Å². The van der Waals surface area contributed by atoms with Crippen LogP contribution in [-0.2, 0) is 12.8 Å².